The minimum absolute atomic E-state index is 0.643. The number of hydrogen-bond acceptors (Lipinski definition) is 0. The molecular weight excluding hydrogens is 192 g/mol. The van der Waals surface area contributed by atoms with E-state index in [0.29, 0.717) is 5.92 Å². The highest BCUT2D eigenvalue weighted by Crippen LogP contribution is 2.39. The summed E-state index contributed by atoms with van der Waals surface area (Å²) >= 11 is 0. The number of fused-ring (bicyclic) bond motifs is 3. The van der Waals surface area contributed by atoms with Gasteiger partial charge in [0.2, 0.25) is 0 Å². The van der Waals surface area contributed by atoms with Gasteiger partial charge in [0.25, 0.3) is 0 Å². The van der Waals surface area contributed by atoms with Crippen LogP contribution >= 0.6 is 0 Å². The average molecular weight is 208 g/mol. The van der Waals surface area contributed by atoms with Gasteiger partial charge in [-0.3, -0.25) is 0 Å². The number of benzene rings is 2. The van der Waals surface area contributed by atoms with Gasteiger partial charge < -0.3 is 0 Å². The summed E-state index contributed by atoms with van der Waals surface area (Å²) in [5, 5.41) is 0. The van der Waals surface area contributed by atoms with E-state index in [-0.39, 0.29) is 0 Å². The molecule has 3 rings (SSSR count). The van der Waals surface area contributed by atoms with Crippen molar-refractivity contribution < 1.29 is 0 Å². The van der Waals surface area contributed by atoms with Crippen LogP contribution in [0.3, 0.4) is 0 Å². The Labute approximate surface area is 96.9 Å². The maximum atomic E-state index is 2.34. The predicted molar refractivity (Wildman–Crippen MR) is 68.7 cm³/mol. The zero-order valence-electron chi connectivity index (χ0n) is 9.83. The molecule has 0 spiro atoms. The van der Waals surface area contributed by atoms with E-state index < -0.39 is 0 Å². The van der Waals surface area contributed by atoms with Gasteiger partial charge in [0.05, 0.1) is 0 Å². The second-order valence-electron chi connectivity index (χ2n) is 4.85. The standard InChI is InChI=1S/C16H16/c1-11-7-8-15-14-6-4-3-5-13(14)10-12(2)16(15)9-11/h3-9,12H,10H2,1-2H3. The van der Waals surface area contributed by atoms with Crippen LogP contribution in [0.2, 0.25) is 0 Å². The van der Waals surface area contributed by atoms with Gasteiger partial charge in [0.15, 0.2) is 0 Å². The first-order valence-corrected chi connectivity index (χ1v) is 5.94. The smallest absolute Gasteiger partial charge is 0.0143 e. The quantitative estimate of drug-likeness (QED) is 0.604. The molecule has 0 nitrogen and oxygen atoms in total. The van der Waals surface area contributed by atoms with Crippen LogP contribution in [0, 0.1) is 6.92 Å². The minimum Gasteiger partial charge on any atom is -0.0620 e. The van der Waals surface area contributed by atoms with Gasteiger partial charge in [0.1, 0.15) is 0 Å². The Bertz CT molecular complexity index is 537. The molecule has 0 radical (unpaired) electrons. The molecule has 0 saturated heterocycles. The first-order valence-electron chi connectivity index (χ1n) is 5.94. The molecule has 0 heteroatoms. The third kappa shape index (κ3) is 1.37. The third-order valence-corrected chi connectivity index (χ3v) is 3.57. The highest BCUT2D eigenvalue weighted by atomic mass is 14.2. The summed E-state index contributed by atoms with van der Waals surface area (Å²) in [6.07, 6.45) is 1.17. The zero-order valence-corrected chi connectivity index (χ0v) is 9.83. The molecule has 0 fully saturated rings. The molecule has 1 unspecified atom stereocenters. The van der Waals surface area contributed by atoms with Crippen LogP contribution in [0.15, 0.2) is 42.5 Å². The van der Waals surface area contributed by atoms with Gasteiger partial charge in [0, 0.05) is 0 Å². The monoisotopic (exact) mass is 208 g/mol. The van der Waals surface area contributed by atoms with Crippen molar-refractivity contribution in [2.45, 2.75) is 26.2 Å². The molecule has 80 valence electrons. The molecule has 1 atom stereocenters. The fourth-order valence-corrected chi connectivity index (χ4v) is 2.74. The number of hydrogen-bond donors (Lipinski definition) is 0. The third-order valence-electron chi connectivity index (χ3n) is 3.57. The van der Waals surface area contributed by atoms with E-state index in [1.54, 1.807) is 0 Å². The minimum atomic E-state index is 0.643. The van der Waals surface area contributed by atoms with Crippen LogP contribution in [0.25, 0.3) is 11.1 Å². The Balaban J connectivity index is 2.28. The molecule has 0 amide bonds. The van der Waals surface area contributed by atoms with Gasteiger partial charge in [-0.2, -0.15) is 0 Å². The lowest BCUT2D eigenvalue weighted by molar-refractivity contribution is 0.748. The zero-order chi connectivity index (χ0) is 11.1. The van der Waals surface area contributed by atoms with Crippen molar-refractivity contribution >= 4 is 0 Å². The summed E-state index contributed by atoms with van der Waals surface area (Å²) in [4.78, 5) is 0. The van der Waals surface area contributed by atoms with Crippen LogP contribution in [0.5, 0.6) is 0 Å². The molecule has 0 saturated carbocycles. The Kier molecular flexibility index (Phi) is 2.10. The molecule has 16 heavy (non-hydrogen) atoms. The van der Waals surface area contributed by atoms with Crippen molar-refractivity contribution in [2.75, 3.05) is 0 Å². The van der Waals surface area contributed by atoms with Gasteiger partial charge in [-0.15, -0.1) is 0 Å². The topological polar surface area (TPSA) is 0 Å². The largest absolute Gasteiger partial charge is 0.0620 e. The SMILES string of the molecule is Cc1ccc2c(c1)C(C)Cc1ccccc1-2. The van der Waals surface area contributed by atoms with Crippen LogP contribution in [0.1, 0.15) is 29.5 Å². The first kappa shape index (κ1) is 9.65. The molecule has 0 aromatic heterocycles. The second-order valence-corrected chi connectivity index (χ2v) is 4.85. The molecule has 0 bridgehead atoms. The summed E-state index contributed by atoms with van der Waals surface area (Å²) < 4.78 is 0. The van der Waals surface area contributed by atoms with Crippen LogP contribution in [-0.4, -0.2) is 0 Å². The molecule has 0 aliphatic heterocycles. The lowest BCUT2D eigenvalue weighted by Crippen LogP contribution is -2.08. The summed E-state index contributed by atoms with van der Waals surface area (Å²) in [6.45, 7) is 4.50. The normalized spacial score (nSPS) is 17.8. The Morgan fingerprint density at radius 3 is 2.69 bits per heavy atom. The summed E-state index contributed by atoms with van der Waals surface area (Å²) in [5.41, 5.74) is 7.23. The number of rotatable bonds is 0. The summed E-state index contributed by atoms with van der Waals surface area (Å²) in [7, 11) is 0. The Morgan fingerprint density at radius 1 is 1.00 bits per heavy atom. The lowest BCUT2D eigenvalue weighted by Gasteiger charge is -2.25. The molecule has 1 aliphatic carbocycles. The number of aryl methyl sites for hydroxylation is 1. The van der Waals surface area contributed by atoms with Crippen molar-refractivity contribution in [2.24, 2.45) is 0 Å². The molecule has 0 heterocycles. The van der Waals surface area contributed by atoms with Crippen LogP contribution in [0.4, 0.5) is 0 Å². The Morgan fingerprint density at radius 2 is 1.81 bits per heavy atom. The van der Waals surface area contributed by atoms with Crippen molar-refractivity contribution in [3.05, 3.63) is 59.2 Å². The van der Waals surface area contributed by atoms with E-state index in [2.05, 4.69) is 56.3 Å². The van der Waals surface area contributed by atoms with Crippen LogP contribution in [-0.2, 0) is 6.42 Å². The summed E-state index contributed by atoms with van der Waals surface area (Å²) in [6, 6.07) is 15.6. The molecule has 1 aliphatic rings. The van der Waals surface area contributed by atoms with E-state index in [1.807, 2.05) is 0 Å². The summed E-state index contributed by atoms with van der Waals surface area (Å²) in [5.74, 6) is 0.643. The van der Waals surface area contributed by atoms with Crippen molar-refractivity contribution in [1.29, 1.82) is 0 Å². The van der Waals surface area contributed by atoms with Gasteiger partial charge in [-0.1, -0.05) is 55.0 Å². The van der Waals surface area contributed by atoms with Crippen molar-refractivity contribution in [3.8, 4) is 11.1 Å². The van der Waals surface area contributed by atoms with E-state index in [4.69, 9.17) is 0 Å². The molecule has 2 aromatic carbocycles. The fourth-order valence-electron chi connectivity index (χ4n) is 2.74. The first-order chi connectivity index (χ1) is 7.75. The van der Waals surface area contributed by atoms with Gasteiger partial charge in [-0.05, 0) is 41.5 Å². The van der Waals surface area contributed by atoms with Crippen molar-refractivity contribution in [3.63, 3.8) is 0 Å². The average Bonchev–Trinajstić information content (AvgIpc) is 2.29. The highest BCUT2D eigenvalue weighted by Gasteiger charge is 2.20. The fraction of sp³-hybridized carbons (Fsp3) is 0.250. The van der Waals surface area contributed by atoms with Crippen LogP contribution < -0.4 is 0 Å². The highest BCUT2D eigenvalue weighted by molar-refractivity contribution is 5.74. The molecule has 0 N–H and O–H groups in total. The maximum absolute atomic E-state index is 2.34. The van der Waals surface area contributed by atoms with E-state index >= 15 is 0 Å². The van der Waals surface area contributed by atoms with E-state index in [1.165, 1.54) is 34.2 Å². The van der Waals surface area contributed by atoms with Gasteiger partial charge >= 0.3 is 0 Å². The molecular formula is C16H16. The maximum Gasteiger partial charge on any atom is -0.0143 e. The van der Waals surface area contributed by atoms with E-state index in [9.17, 15) is 0 Å². The predicted octanol–water partition coefficient (Wildman–Crippen LogP) is 4.32. The lowest BCUT2D eigenvalue weighted by atomic mass is 9.79. The second kappa shape index (κ2) is 3.48. The van der Waals surface area contributed by atoms with Gasteiger partial charge in [-0.25, -0.2) is 0 Å². The van der Waals surface area contributed by atoms with Crippen molar-refractivity contribution in [1.82, 2.24) is 0 Å². The van der Waals surface area contributed by atoms with E-state index in [0.717, 1.165) is 0 Å². The Hall–Kier alpha value is -1.56. The molecule has 2 aromatic rings.